The first-order valence-electron chi connectivity index (χ1n) is 8.29. The summed E-state index contributed by atoms with van der Waals surface area (Å²) in [7, 11) is 3.32. The van der Waals surface area contributed by atoms with Crippen LogP contribution in [0.4, 0.5) is 0 Å². The molecule has 1 fully saturated rings. The van der Waals surface area contributed by atoms with Gasteiger partial charge in [0.05, 0.1) is 31.8 Å². The number of hydrogen-bond donors (Lipinski definition) is 1. The molecule has 1 unspecified atom stereocenters. The number of benzene rings is 1. The van der Waals surface area contributed by atoms with E-state index in [0.29, 0.717) is 30.2 Å². The van der Waals surface area contributed by atoms with Crippen LogP contribution in [0.1, 0.15) is 16.8 Å². The summed E-state index contributed by atoms with van der Waals surface area (Å²) in [4.78, 5) is 25.6. The van der Waals surface area contributed by atoms with Gasteiger partial charge < -0.3 is 19.5 Å². The predicted molar refractivity (Wildman–Crippen MR) is 93.1 cm³/mol. The minimum atomic E-state index is -0.944. The van der Waals surface area contributed by atoms with Gasteiger partial charge in [0.25, 0.3) is 5.91 Å². The van der Waals surface area contributed by atoms with Crippen LogP contribution in [0.2, 0.25) is 0 Å². The molecule has 0 radical (unpaired) electrons. The average molecular weight is 359 g/mol. The fraction of sp³-hybridized carbons (Fsp3) is 0.389. The maximum Gasteiger partial charge on any atom is 0.306 e. The van der Waals surface area contributed by atoms with Gasteiger partial charge >= 0.3 is 5.97 Å². The normalized spacial score (nSPS) is 17.2. The summed E-state index contributed by atoms with van der Waals surface area (Å²) >= 11 is 0. The summed E-state index contributed by atoms with van der Waals surface area (Å²) in [6, 6.07) is 7.38. The Morgan fingerprint density at radius 1 is 1.38 bits per heavy atom. The van der Waals surface area contributed by atoms with Crippen molar-refractivity contribution < 1.29 is 24.2 Å². The lowest BCUT2D eigenvalue weighted by Gasteiger charge is -2.32. The first-order valence-corrected chi connectivity index (χ1v) is 8.29. The number of carbonyl (C=O) groups excluding carboxylic acids is 1. The third-order valence-electron chi connectivity index (χ3n) is 4.25. The number of carboxylic acids is 1. The Morgan fingerprint density at radius 2 is 2.15 bits per heavy atom. The molecule has 0 aliphatic carbocycles. The summed E-state index contributed by atoms with van der Waals surface area (Å²) in [5.74, 6) is -0.510. The molecule has 2 aromatic rings. The molecule has 138 valence electrons. The van der Waals surface area contributed by atoms with E-state index in [0.717, 1.165) is 5.56 Å². The van der Waals surface area contributed by atoms with E-state index in [1.807, 2.05) is 24.3 Å². The molecule has 1 saturated heterocycles. The van der Waals surface area contributed by atoms with Gasteiger partial charge in [-0.05, 0) is 12.1 Å². The van der Waals surface area contributed by atoms with Gasteiger partial charge in [0.1, 0.15) is 11.4 Å². The Hall–Kier alpha value is -2.87. The van der Waals surface area contributed by atoms with E-state index in [9.17, 15) is 9.59 Å². The molecule has 8 nitrogen and oxygen atoms in total. The molecular weight excluding hydrogens is 338 g/mol. The molecule has 1 aromatic carbocycles. The Balaban J connectivity index is 1.90. The zero-order chi connectivity index (χ0) is 18.7. The lowest BCUT2D eigenvalue weighted by atomic mass is 10.1. The molecule has 1 N–H and O–H groups in total. The second-order valence-corrected chi connectivity index (χ2v) is 6.11. The summed E-state index contributed by atoms with van der Waals surface area (Å²) in [5.41, 5.74) is 1.72. The van der Waals surface area contributed by atoms with Gasteiger partial charge in [0, 0.05) is 31.9 Å². The molecule has 1 aliphatic rings. The largest absolute Gasteiger partial charge is 0.496 e. The van der Waals surface area contributed by atoms with E-state index in [1.165, 1.54) is 0 Å². The van der Waals surface area contributed by atoms with Gasteiger partial charge in [0.2, 0.25) is 0 Å². The van der Waals surface area contributed by atoms with Crippen molar-refractivity contribution in [2.45, 2.75) is 12.5 Å². The molecule has 3 rings (SSSR count). The maximum absolute atomic E-state index is 13.1. The lowest BCUT2D eigenvalue weighted by Crippen LogP contribution is -2.46. The van der Waals surface area contributed by atoms with Crippen molar-refractivity contribution in [3.8, 4) is 17.0 Å². The second kappa shape index (κ2) is 7.57. The van der Waals surface area contributed by atoms with Crippen LogP contribution in [0.5, 0.6) is 5.75 Å². The summed E-state index contributed by atoms with van der Waals surface area (Å²) in [6.45, 7) is 0.967. The molecule has 0 saturated carbocycles. The highest BCUT2D eigenvalue weighted by molar-refractivity contribution is 6.00. The summed E-state index contributed by atoms with van der Waals surface area (Å²) in [6.07, 6.45) is 1.04. The van der Waals surface area contributed by atoms with E-state index in [1.54, 1.807) is 29.9 Å². The molecular formula is C18H21N3O5. The van der Waals surface area contributed by atoms with E-state index in [2.05, 4.69) is 5.10 Å². The zero-order valence-electron chi connectivity index (χ0n) is 14.7. The number of amides is 1. The number of nitrogens with zero attached hydrogens (tertiary/aromatic N) is 3. The maximum atomic E-state index is 13.1. The number of hydrogen-bond acceptors (Lipinski definition) is 5. The molecule has 1 atom stereocenters. The number of aryl methyl sites for hydroxylation is 1. The van der Waals surface area contributed by atoms with Crippen molar-refractivity contribution in [3.05, 3.63) is 36.0 Å². The number of carboxylic acid groups (broad SMARTS) is 1. The Morgan fingerprint density at radius 3 is 2.88 bits per heavy atom. The van der Waals surface area contributed by atoms with Gasteiger partial charge in [-0.25, -0.2) is 0 Å². The quantitative estimate of drug-likeness (QED) is 0.868. The number of morpholine rings is 1. The van der Waals surface area contributed by atoms with Crippen LogP contribution >= 0.6 is 0 Å². The lowest BCUT2D eigenvalue weighted by molar-refractivity contribution is -0.141. The Bertz CT molecular complexity index is 817. The van der Waals surface area contributed by atoms with E-state index >= 15 is 0 Å². The standard InChI is InChI=1S/C18H21N3O5/c1-20-11-14(17(19-20)13-5-3-4-6-15(13)25-2)18(24)21-7-8-26-12(10-21)9-16(22)23/h3-6,11-12H,7-10H2,1-2H3,(H,22,23). The summed E-state index contributed by atoms with van der Waals surface area (Å²) < 4.78 is 12.4. The van der Waals surface area contributed by atoms with Crippen molar-refractivity contribution in [1.82, 2.24) is 14.7 Å². The van der Waals surface area contributed by atoms with Gasteiger partial charge in [-0.1, -0.05) is 12.1 Å². The van der Waals surface area contributed by atoms with Gasteiger partial charge in [-0.15, -0.1) is 0 Å². The Kier molecular flexibility index (Phi) is 5.22. The number of para-hydroxylation sites is 1. The third-order valence-corrected chi connectivity index (χ3v) is 4.25. The number of aromatic nitrogens is 2. The highest BCUT2D eigenvalue weighted by Crippen LogP contribution is 2.31. The van der Waals surface area contributed by atoms with Crippen molar-refractivity contribution in [2.24, 2.45) is 7.05 Å². The highest BCUT2D eigenvalue weighted by atomic mass is 16.5. The number of ether oxygens (including phenoxy) is 2. The van der Waals surface area contributed by atoms with Crippen molar-refractivity contribution in [3.63, 3.8) is 0 Å². The SMILES string of the molecule is COc1ccccc1-c1nn(C)cc1C(=O)N1CCOC(CC(=O)O)C1. The molecule has 1 amide bonds. The van der Waals surface area contributed by atoms with E-state index in [4.69, 9.17) is 14.6 Å². The number of carbonyl (C=O) groups is 2. The fourth-order valence-electron chi connectivity index (χ4n) is 3.08. The zero-order valence-corrected chi connectivity index (χ0v) is 14.7. The van der Waals surface area contributed by atoms with Crippen LogP contribution in [0.15, 0.2) is 30.5 Å². The van der Waals surface area contributed by atoms with Crippen LogP contribution in [-0.2, 0) is 16.6 Å². The van der Waals surface area contributed by atoms with Gasteiger partial charge in [0.15, 0.2) is 0 Å². The summed E-state index contributed by atoms with van der Waals surface area (Å²) in [5, 5.41) is 13.4. The van der Waals surface area contributed by atoms with Crippen LogP contribution in [0.3, 0.4) is 0 Å². The molecule has 1 aliphatic heterocycles. The van der Waals surface area contributed by atoms with Crippen LogP contribution < -0.4 is 4.74 Å². The van der Waals surface area contributed by atoms with Crippen LogP contribution in [0.25, 0.3) is 11.3 Å². The predicted octanol–water partition coefficient (Wildman–Crippen LogP) is 1.41. The fourth-order valence-corrected chi connectivity index (χ4v) is 3.08. The minimum Gasteiger partial charge on any atom is -0.496 e. The molecule has 2 heterocycles. The minimum absolute atomic E-state index is 0.129. The van der Waals surface area contributed by atoms with E-state index < -0.39 is 12.1 Å². The topological polar surface area (TPSA) is 93.9 Å². The average Bonchev–Trinajstić information content (AvgIpc) is 3.02. The number of methoxy groups -OCH3 is 1. The van der Waals surface area contributed by atoms with E-state index in [-0.39, 0.29) is 18.9 Å². The smallest absolute Gasteiger partial charge is 0.306 e. The van der Waals surface area contributed by atoms with Crippen molar-refractivity contribution in [1.29, 1.82) is 0 Å². The molecule has 0 bridgehead atoms. The molecule has 1 aromatic heterocycles. The second-order valence-electron chi connectivity index (χ2n) is 6.11. The molecule has 26 heavy (non-hydrogen) atoms. The van der Waals surface area contributed by atoms with Gasteiger partial charge in [-0.2, -0.15) is 5.10 Å². The van der Waals surface area contributed by atoms with Gasteiger partial charge in [-0.3, -0.25) is 14.3 Å². The monoisotopic (exact) mass is 359 g/mol. The third kappa shape index (κ3) is 3.70. The Labute approximate surface area is 150 Å². The first-order chi connectivity index (χ1) is 12.5. The van der Waals surface area contributed by atoms with Crippen LogP contribution in [-0.4, -0.2) is 64.6 Å². The van der Waals surface area contributed by atoms with Crippen molar-refractivity contribution in [2.75, 3.05) is 26.8 Å². The number of aliphatic carboxylic acids is 1. The highest BCUT2D eigenvalue weighted by Gasteiger charge is 2.29. The van der Waals surface area contributed by atoms with Crippen molar-refractivity contribution >= 4 is 11.9 Å². The molecule has 0 spiro atoms. The number of rotatable bonds is 5. The first kappa shape index (κ1) is 17.9. The molecule has 8 heteroatoms. The van der Waals surface area contributed by atoms with Crippen LogP contribution in [0, 0.1) is 0 Å².